The average molecular weight is 404 g/mol. The molecule has 0 bridgehead atoms. The van der Waals surface area contributed by atoms with E-state index >= 15 is 0 Å². The minimum Gasteiger partial charge on any atom is -0.454 e. The first kappa shape index (κ1) is 22.7. The van der Waals surface area contributed by atoms with Crippen molar-refractivity contribution >= 4 is 18.0 Å². The molecule has 160 valence electrons. The molecule has 0 saturated carbocycles. The van der Waals surface area contributed by atoms with Crippen molar-refractivity contribution in [3.05, 3.63) is 23.8 Å². The van der Waals surface area contributed by atoms with Crippen LogP contribution in [0.4, 0.5) is 0 Å². The van der Waals surface area contributed by atoms with Gasteiger partial charge in [-0.15, -0.1) is 0 Å². The molecule has 7 heteroatoms. The van der Waals surface area contributed by atoms with Crippen molar-refractivity contribution in [1.29, 1.82) is 0 Å². The van der Waals surface area contributed by atoms with Gasteiger partial charge in [0.25, 0.3) is 5.91 Å². The smallest absolute Gasteiger partial charge is 0.259 e. The second-order valence-electron chi connectivity index (χ2n) is 7.26. The molecular formula is C22H33N3O4. The molecule has 0 aliphatic carbocycles. The number of hydrogen-bond acceptors (Lipinski definition) is 5. The molecule has 2 amide bonds. The summed E-state index contributed by atoms with van der Waals surface area (Å²) in [5, 5.41) is 6.52. The Kier molecular flexibility index (Phi) is 10.6. The summed E-state index contributed by atoms with van der Waals surface area (Å²) in [6.45, 7) is 2.36. The molecule has 2 rings (SSSR count). The third kappa shape index (κ3) is 9.45. The molecule has 1 aliphatic heterocycles. The molecule has 1 heterocycles. The number of unbranched alkanes of at least 4 members (excludes halogenated alkanes) is 8. The molecule has 29 heavy (non-hydrogen) atoms. The van der Waals surface area contributed by atoms with Gasteiger partial charge in [0.05, 0.1) is 12.8 Å². The van der Waals surface area contributed by atoms with E-state index in [1.807, 2.05) is 6.07 Å². The summed E-state index contributed by atoms with van der Waals surface area (Å²) in [5.74, 6) is 0.898. The first-order valence-corrected chi connectivity index (χ1v) is 10.7. The Labute approximate surface area is 173 Å². The first-order valence-electron chi connectivity index (χ1n) is 10.7. The van der Waals surface area contributed by atoms with E-state index in [-0.39, 0.29) is 25.2 Å². The zero-order valence-corrected chi connectivity index (χ0v) is 17.4. The number of nitrogens with one attached hydrogen (secondary N) is 2. The Hall–Kier alpha value is -2.57. The normalized spacial score (nSPS) is 12.3. The van der Waals surface area contributed by atoms with Crippen LogP contribution >= 0.6 is 0 Å². The van der Waals surface area contributed by atoms with Gasteiger partial charge in [-0.2, -0.15) is 5.10 Å². The van der Waals surface area contributed by atoms with Gasteiger partial charge >= 0.3 is 0 Å². The van der Waals surface area contributed by atoms with Crippen LogP contribution in [0.25, 0.3) is 0 Å². The van der Waals surface area contributed by atoms with Crippen LogP contribution in [0.1, 0.15) is 76.7 Å². The third-order valence-electron chi connectivity index (χ3n) is 4.75. The topological polar surface area (TPSA) is 89.0 Å². The van der Waals surface area contributed by atoms with E-state index in [9.17, 15) is 9.59 Å². The highest BCUT2D eigenvalue weighted by atomic mass is 16.7. The fourth-order valence-corrected chi connectivity index (χ4v) is 3.08. The van der Waals surface area contributed by atoms with Gasteiger partial charge in [0.1, 0.15) is 0 Å². The van der Waals surface area contributed by atoms with Crippen molar-refractivity contribution in [3.63, 3.8) is 0 Å². The summed E-state index contributed by atoms with van der Waals surface area (Å²) in [7, 11) is 0. The molecule has 0 atom stereocenters. The lowest BCUT2D eigenvalue weighted by Crippen LogP contribution is -2.34. The van der Waals surface area contributed by atoms with E-state index in [1.54, 1.807) is 12.1 Å². The van der Waals surface area contributed by atoms with Crippen LogP contribution in [0.15, 0.2) is 23.3 Å². The largest absolute Gasteiger partial charge is 0.454 e. The summed E-state index contributed by atoms with van der Waals surface area (Å²) in [6, 6.07) is 5.39. The molecule has 0 spiro atoms. The Morgan fingerprint density at radius 2 is 1.66 bits per heavy atom. The minimum absolute atomic E-state index is 0.0747. The van der Waals surface area contributed by atoms with Crippen molar-refractivity contribution < 1.29 is 19.1 Å². The van der Waals surface area contributed by atoms with Gasteiger partial charge in [0.15, 0.2) is 11.5 Å². The molecule has 0 unspecified atom stereocenters. The maximum Gasteiger partial charge on any atom is 0.259 e. The Morgan fingerprint density at radius 1 is 0.966 bits per heavy atom. The van der Waals surface area contributed by atoms with Crippen molar-refractivity contribution in [2.24, 2.45) is 5.10 Å². The molecule has 0 aromatic heterocycles. The number of carbonyl (C=O) groups is 2. The van der Waals surface area contributed by atoms with Crippen molar-refractivity contribution in [1.82, 2.24) is 10.7 Å². The fourth-order valence-electron chi connectivity index (χ4n) is 3.08. The number of hydrogen-bond donors (Lipinski definition) is 2. The Balaban J connectivity index is 1.48. The molecule has 1 aliphatic rings. The molecule has 0 fully saturated rings. The second-order valence-corrected chi connectivity index (χ2v) is 7.26. The van der Waals surface area contributed by atoms with Crippen molar-refractivity contribution in [3.8, 4) is 11.5 Å². The van der Waals surface area contributed by atoms with Gasteiger partial charge in [0, 0.05) is 6.42 Å². The zero-order valence-electron chi connectivity index (χ0n) is 17.4. The van der Waals surface area contributed by atoms with Gasteiger partial charge in [-0.05, 0) is 30.2 Å². The molecular weight excluding hydrogens is 370 g/mol. The Morgan fingerprint density at radius 3 is 2.41 bits per heavy atom. The van der Waals surface area contributed by atoms with Crippen LogP contribution in [0, 0.1) is 0 Å². The van der Waals surface area contributed by atoms with Gasteiger partial charge in [-0.3, -0.25) is 9.59 Å². The quantitative estimate of drug-likeness (QED) is 0.280. The fraction of sp³-hybridized carbons (Fsp3) is 0.591. The monoisotopic (exact) mass is 403 g/mol. The second kappa shape index (κ2) is 13.6. The van der Waals surface area contributed by atoms with E-state index in [4.69, 9.17) is 9.47 Å². The third-order valence-corrected chi connectivity index (χ3v) is 4.75. The number of amides is 2. The van der Waals surface area contributed by atoms with E-state index < -0.39 is 0 Å². The molecule has 0 saturated heterocycles. The maximum atomic E-state index is 11.8. The molecule has 0 radical (unpaired) electrons. The molecule has 1 aromatic carbocycles. The number of fused-ring (bicyclic) bond motifs is 1. The maximum absolute atomic E-state index is 11.8. The molecule has 2 N–H and O–H groups in total. The number of carbonyl (C=O) groups excluding carboxylic acids is 2. The van der Waals surface area contributed by atoms with E-state index in [1.165, 1.54) is 51.2 Å². The summed E-state index contributed by atoms with van der Waals surface area (Å²) in [6.07, 6.45) is 12.9. The van der Waals surface area contributed by atoms with Crippen LogP contribution in [0.2, 0.25) is 0 Å². The minimum atomic E-state index is -0.359. The average Bonchev–Trinajstić information content (AvgIpc) is 3.19. The number of ether oxygens (including phenoxy) is 2. The van der Waals surface area contributed by atoms with Crippen LogP contribution < -0.4 is 20.2 Å². The summed E-state index contributed by atoms with van der Waals surface area (Å²) >= 11 is 0. The van der Waals surface area contributed by atoms with Crippen LogP contribution in [0.3, 0.4) is 0 Å². The molecule has 1 aromatic rings. The number of rotatable bonds is 14. The highest BCUT2D eigenvalue weighted by Gasteiger charge is 2.12. The Bertz CT molecular complexity index is 676. The van der Waals surface area contributed by atoms with Crippen LogP contribution in [0.5, 0.6) is 11.5 Å². The number of hydrazone groups is 1. The van der Waals surface area contributed by atoms with Gasteiger partial charge in [0.2, 0.25) is 12.7 Å². The van der Waals surface area contributed by atoms with Crippen molar-refractivity contribution in [2.75, 3.05) is 13.3 Å². The predicted molar refractivity (Wildman–Crippen MR) is 113 cm³/mol. The predicted octanol–water partition coefficient (Wildman–Crippen LogP) is 3.90. The zero-order chi connectivity index (χ0) is 20.7. The van der Waals surface area contributed by atoms with Gasteiger partial charge in [-0.25, -0.2) is 5.43 Å². The van der Waals surface area contributed by atoms with Gasteiger partial charge in [-0.1, -0.05) is 58.3 Å². The van der Waals surface area contributed by atoms with Crippen molar-refractivity contribution in [2.45, 2.75) is 71.1 Å². The van der Waals surface area contributed by atoms with Crippen LogP contribution in [-0.2, 0) is 9.59 Å². The summed E-state index contributed by atoms with van der Waals surface area (Å²) in [4.78, 5) is 23.6. The number of benzene rings is 1. The number of nitrogens with zero attached hydrogens (tertiary/aromatic N) is 1. The lowest BCUT2D eigenvalue weighted by atomic mass is 10.1. The lowest BCUT2D eigenvalue weighted by Gasteiger charge is -2.05. The van der Waals surface area contributed by atoms with E-state index in [0.717, 1.165) is 18.4 Å². The van der Waals surface area contributed by atoms with Crippen LogP contribution in [-0.4, -0.2) is 31.4 Å². The van der Waals surface area contributed by atoms with E-state index in [2.05, 4.69) is 22.8 Å². The van der Waals surface area contributed by atoms with E-state index in [0.29, 0.717) is 17.9 Å². The highest BCUT2D eigenvalue weighted by Crippen LogP contribution is 2.31. The molecule has 7 nitrogen and oxygen atoms in total. The summed E-state index contributed by atoms with van der Waals surface area (Å²) < 4.78 is 10.5. The first-order chi connectivity index (χ1) is 14.2. The lowest BCUT2D eigenvalue weighted by molar-refractivity contribution is -0.126. The summed E-state index contributed by atoms with van der Waals surface area (Å²) in [5.41, 5.74) is 3.18. The SMILES string of the molecule is CCCCCCCCCCCC(=O)NCC(=O)N/N=C\c1ccc2c(c1)OCO2. The standard InChI is InChI=1S/C22H33N3O4/c1-2-3-4-5-6-7-8-9-10-11-21(26)23-16-22(27)25-24-15-18-12-13-19-20(14-18)29-17-28-19/h12-15H,2-11,16-17H2,1H3,(H,23,26)(H,25,27)/b24-15-. The van der Waals surface area contributed by atoms with Gasteiger partial charge < -0.3 is 14.8 Å². The highest BCUT2D eigenvalue weighted by molar-refractivity contribution is 5.86.